The number of carboxylic acids is 1. The summed E-state index contributed by atoms with van der Waals surface area (Å²) in [5.74, 6) is -1.41. The van der Waals surface area contributed by atoms with E-state index in [-0.39, 0.29) is 23.6 Å². The molecular formula is C13H13F3N2O3. The largest absolute Gasteiger partial charge is 0.478 e. The zero-order chi connectivity index (χ0) is 15.2. The van der Waals surface area contributed by atoms with Gasteiger partial charge in [0, 0.05) is 13.1 Å². The molecule has 0 spiro atoms. The fourth-order valence-corrected chi connectivity index (χ4v) is 2.80. The Hall–Kier alpha value is -1.83. The van der Waals surface area contributed by atoms with Crippen molar-refractivity contribution in [3.8, 4) is 0 Å². The van der Waals surface area contributed by atoms with Gasteiger partial charge in [0.25, 0.3) is 0 Å². The Morgan fingerprint density at radius 2 is 1.90 bits per heavy atom. The molecule has 21 heavy (non-hydrogen) atoms. The molecule has 3 rings (SSSR count). The maximum Gasteiger partial charge on any atom is 0.433 e. The molecule has 2 unspecified atom stereocenters. The summed E-state index contributed by atoms with van der Waals surface area (Å²) < 4.78 is 43.9. The molecule has 0 radical (unpaired) electrons. The molecule has 0 aliphatic carbocycles. The van der Waals surface area contributed by atoms with Crippen molar-refractivity contribution in [3.63, 3.8) is 0 Å². The number of fused-ring (bicyclic) bond motifs is 2. The summed E-state index contributed by atoms with van der Waals surface area (Å²) in [7, 11) is 0. The van der Waals surface area contributed by atoms with Gasteiger partial charge in [0.05, 0.1) is 12.2 Å². The second kappa shape index (κ2) is 4.87. The molecule has 2 atom stereocenters. The van der Waals surface area contributed by atoms with Crippen molar-refractivity contribution in [1.82, 2.24) is 4.98 Å². The van der Waals surface area contributed by atoms with Gasteiger partial charge in [-0.3, -0.25) is 0 Å². The number of anilines is 1. The number of hydrogen-bond acceptors (Lipinski definition) is 4. The van der Waals surface area contributed by atoms with Gasteiger partial charge in [-0.2, -0.15) is 13.2 Å². The van der Waals surface area contributed by atoms with Crippen molar-refractivity contribution in [2.75, 3.05) is 18.0 Å². The highest BCUT2D eigenvalue weighted by Crippen LogP contribution is 2.34. The Labute approximate surface area is 118 Å². The number of carbonyl (C=O) groups is 1. The molecule has 0 aromatic carbocycles. The van der Waals surface area contributed by atoms with Gasteiger partial charge in [-0.15, -0.1) is 0 Å². The Morgan fingerprint density at radius 3 is 2.43 bits per heavy atom. The van der Waals surface area contributed by atoms with Gasteiger partial charge < -0.3 is 14.7 Å². The molecule has 2 aliphatic rings. The highest BCUT2D eigenvalue weighted by atomic mass is 19.4. The molecule has 0 amide bonds. The Morgan fingerprint density at radius 1 is 1.29 bits per heavy atom. The van der Waals surface area contributed by atoms with E-state index >= 15 is 0 Å². The SMILES string of the molecule is O=C(O)c1ccc(C(F)(F)F)nc1N1CC2CCC(C1)O2. The normalized spacial score (nSPS) is 25.2. The first kappa shape index (κ1) is 14.1. The van der Waals surface area contributed by atoms with Crippen LogP contribution in [0.2, 0.25) is 0 Å². The highest BCUT2D eigenvalue weighted by molar-refractivity contribution is 5.93. The summed E-state index contributed by atoms with van der Waals surface area (Å²) in [6.45, 7) is 0.732. The Bertz CT molecular complexity index is 564. The highest BCUT2D eigenvalue weighted by Gasteiger charge is 2.38. The van der Waals surface area contributed by atoms with Crippen LogP contribution in [0, 0.1) is 0 Å². The minimum Gasteiger partial charge on any atom is -0.478 e. The summed E-state index contributed by atoms with van der Waals surface area (Å²) in [6.07, 6.45) is -3.06. The van der Waals surface area contributed by atoms with E-state index in [0.717, 1.165) is 18.9 Å². The molecule has 2 saturated heterocycles. The molecule has 1 aromatic heterocycles. The molecule has 2 aliphatic heterocycles. The second-order valence-corrected chi connectivity index (χ2v) is 5.23. The van der Waals surface area contributed by atoms with Crippen LogP contribution < -0.4 is 4.90 Å². The number of nitrogens with zero attached hydrogens (tertiary/aromatic N) is 2. The van der Waals surface area contributed by atoms with Crippen LogP contribution in [0.1, 0.15) is 28.9 Å². The van der Waals surface area contributed by atoms with Gasteiger partial charge >= 0.3 is 12.1 Å². The lowest BCUT2D eigenvalue weighted by Crippen LogP contribution is -2.43. The fourth-order valence-electron chi connectivity index (χ4n) is 2.80. The molecule has 0 saturated carbocycles. The van der Waals surface area contributed by atoms with Crippen LogP contribution in [-0.2, 0) is 10.9 Å². The maximum atomic E-state index is 12.8. The first-order valence-corrected chi connectivity index (χ1v) is 6.56. The van der Waals surface area contributed by atoms with Crippen molar-refractivity contribution in [2.45, 2.75) is 31.2 Å². The fraction of sp³-hybridized carbons (Fsp3) is 0.538. The number of rotatable bonds is 2. The monoisotopic (exact) mass is 302 g/mol. The van der Waals surface area contributed by atoms with E-state index in [2.05, 4.69) is 4.98 Å². The van der Waals surface area contributed by atoms with E-state index in [1.54, 1.807) is 4.90 Å². The average molecular weight is 302 g/mol. The van der Waals surface area contributed by atoms with Crippen molar-refractivity contribution in [1.29, 1.82) is 0 Å². The first-order valence-electron chi connectivity index (χ1n) is 6.56. The lowest BCUT2D eigenvalue weighted by atomic mass is 10.2. The Kier molecular flexibility index (Phi) is 3.27. The van der Waals surface area contributed by atoms with Gasteiger partial charge in [-0.25, -0.2) is 9.78 Å². The quantitative estimate of drug-likeness (QED) is 0.907. The molecule has 114 valence electrons. The average Bonchev–Trinajstić information content (AvgIpc) is 2.75. The van der Waals surface area contributed by atoms with Crippen molar-refractivity contribution >= 4 is 11.8 Å². The molecule has 3 heterocycles. The van der Waals surface area contributed by atoms with Gasteiger partial charge in [0.15, 0.2) is 0 Å². The summed E-state index contributed by atoms with van der Waals surface area (Å²) in [5.41, 5.74) is -1.30. The molecule has 8 heteroatoms. The summed E-state index contributed by atoms with van der Waals surface area (Å²) >= 11 is 0. The van der Waals surface area contributed by atoms with Gasteiger partial charge in [-0.1, -0.05) is 0 Å². The summed E-state index contributed by atoms with van der Waals surface area (Å²) in [4.78, 5) is 16.4. The van der Waals surface area contributed by atoms with Gasteiger partial charge in [-0.05, 0) is 25.0 Å². The topological polar surface area (TPSA) is 62.7 Å². The third-order valence-electron chi connectivity index (χ3n) is 3.74. The third-order valence-corrected chi connectivity index (χ3v) is 3.74. The van der Waals surface area contributed by atoms with Gasteiger partial charge in [0.1, 0.15) is 17.1 Å². The van der Waals surface area contributed by atoms with Crippen LogP contribution >= 0.6 is 0 Å². The number of ether oxygens (including phenoxy) is 1. The number of hydrogen-bond donors (Lipinski definition) is 1. The lowest BCUT2D eigenvalue weighted by Gasteiger charge is -2.33. The van der Waals surface area contributed by atoms with Crippen LogP contribution in [0.4, 0.5) is 19.0 Å². The summed E-state index contributed by atoms with van der Waals surface area (Å²) in [5, 5.41) is 9.16. The smallest absolute Gasteiger partial charge is 0.433 e. The molecule has 5 nitrogen and oxygen atoms in total. The third kappa shape index (κ3) is 2.67. The molecule has 1 N–H and O–H groups in total. The first-order chi connectivity index (χ1) is 9.84. The van der Waals surface area contributed by atoms with E-state index in [1.807, 2.05) is 0 Å². The Balaban J connectivity index is 2.00. The number of alkyl halides is 3. The van der Waals surface area contributed by atoms with Crippen LogP contribution in [0.5, 0.6) is 0 Å². The van der Waals surface area contributed by atoms with Crippen molar-refractivity contribution in [2.24, 2.45) is 0 Å². The molecular weight excluding hydrogens is 289 g/mol. The zero-order valence-corrected chi connectivity index (χ0v) is 10.9. The number of aromatic nitrogens is 1. The number of carboxylic acid groups (broad SMARTS) is 1. The second-order valence-electron chi connectivity index (χ2n) is 5.23. The van der Waals surface area contributed by atoms with E-state index in [9.17, 15) is 18.0 Å². The minimum atomic E-state index is -4.60. The van der Waals surface area contributed by atoms with Crippen molar-refractivity contribution in [3.05, 3.63) is 23.4 Å². The van der Waals surface area contributed by atoms with Crippen molar-refractivity contribution < 1.29 is 27.8 Å². The number of morpholine rings is 1. The predicted molar refractivity (Wildman–Crippen MR) is 66.3 cm³/mol. The van der Waals surface area contributed by atoms with Crippen LogP contribution in [0.25, 0.3) is 0 Å². The molecule has 1 aromatic rings. The lowest BCUT2D eigenvalue weighted by molar-refractivity contribution is -0.141. The van der Waals surface area contributed by atoms with Gasteiger partial charge in [0.2, 0.25) is 0 Å². The minimum absolute atomic E-state index is 0.0678. The molecule has 2 bridgehead atoms. The maximum absolute atomic E-state index is 12.8. The van der Waals surface area contributed by atoms with Crippen LogP contribution in [0.15, 0.2) is 12.1 Å². The van der Waals surface area contributed by atoms with E-state index in [0.29, 0.717) is 19.2 Å². The van der Waals surface area contributed by atoms with Crippen LogP contribution in [-0.4, -0.2) is 41.4 Å². The number of pyridine rings is 1. The van der Waals surface area contributed by atoms with E-state index in [1.165, 1.54) is 0 Å². The standard InChI is InChI=1S/C13H13F3N2O3/c14-13(15,16)10-4-3-9(12(19)20)11(17-10)18-5-7-1-2-8(6-18)21-7/h3-4,7-8H,1-2,5-6H2,(H,19,20). The zero-order valence-electron chi connectivity index (χ0n) is 10.9. The van der Waals surface area contributed by atoms with Crippen LogP contribution in [0.3, 0.4) is 0 Å². The van der Waals surface area contributed by atoms with E-state index in [4.69, 9.17) is 9.84 Å². The molecule has 2 fully saturated rings. The number of halogens is 3. The predicted octanol–water partition coefficient (Wildman–Crippen LogP) is 2.17. The summed E-state index contributed by atoms with van der Waals surface area (Å²) in [6, 6.07) is 1.66. The number of aromatic carboxylic acids is 1. The van der Waals surface area contributed by atoms with E-state index < -0.39 is 17.8 Å².